The summed E-state index contributed by atoms with van der Waals surface area (Å²) >= 11 is 0. The Morgan fingerprint density at radius 3 is 1.97 bits per heavy atom. The van der Waals surface area contributed by atoms with Crippen molar-refractivity contribution in [2.75, 3.05) is 0 Å². The predicted octanol–water partition coefficient (Wildman–Crippen LogP) is 4.50. The molecule has 1 atom stereocenters. The van der Waals surface area contributed by atoms with Gasteiger partial charge >= 0.3 is 11.9 Å². The maximum atomic E-state index is 12.0. The molecule has 1 unspecified atom stereocenters. The number of carbonyl (C=O) groups is 2. The van der Waals surface area contributed by atoms with Gasteiger partial charge in [0.1, 0.15) is 18.2 Å². The van der Waals surface area contributed by atoms with Crippen LogP contribution < -0.4 is 5.73 Å². The minimum Gasteiger partial charge on any atom is -0.460 e. The quantitative estimate of drug-likeness (QED) is 0.339. The normalized spacial score (nSPS) is 12.1. The maximum Gasteiger partial charge on any atom is 0.338 e. The van der Waals surface area contributed by atoms with Crippen LogP contribution in [0.2, 0.25) is 0 Å². The van der Waals surface area contributed by atoms with Crippen LogP contribution in [0, 0.1) is 6.92 Å². The van der Waals surface area contributed by atoms with E-state index in [2.05, 4.69) is 0 Å². The summed E-state index contributed by atoms with van der Waals surface area (Å²) in [5, 5.41) is 0. The van der Waals surface area contributed by atoms with Crippen LogP contribution in [-0.2, 0) is 37.4 Å². The zero-order chi connectivity index (χ0) is 27.6. The van der Waals surface area contributed by atoms with Crippen molar-refractivity contribution >= 4 is 22.1 Å². The van der Waals surface area contributed by atoms with Gasteiger partial charge in [-0.15, -0.1) is 0 Å². The third-order valence-corrected chi connectivity index (χ3v) is 5.76. The zero-order valence-corrected chi connectivity index (χ0v) is 22.2. The first kappa shape index (κ1) is 29.7. The van der Waals surface area contributed by atoms with Gasteiger partial charge in [-0.25, -0.2) is 4.79 Å². The highest BCUT2D eigenvalue weighted by Crippen LogP contribution is 2.14. The molecule has 9 heteroatoms. The monoisotopic (exact) mass is 527 g/mol. The molecule has 0 amide bonds. The van der Waals surface area contributed by atoms with Crippen LogP contribution in [0.5, 0.6) is 0 Å². The van der Waals surface area contributed by atoms with E-state index in [1.165, 1.54) is 12.1 Å². The van der Waals surface area contributed by atoms with Crippen LogP contribution in [0.3, 0.4) is 0 Å². The summed E-state index contributed by atoms with van der Waals surface area (Å²) < 4.78 is 40.1. The standard InChI is InChI=1S/C21H25NO4.C7H8O3S/c1-21(2,3)26-19(23)17-11-9-15(10-12-17)13-18(22)20(24)25-14-16-7-5-4-6-8-16;1-6-2-4-7(5-3-6)11(8,9)10/h4-12,18H,13-14,22H2,1-3H3;2-5H,1H3,(H,8,9,10). The van der Waals surface area contributed by atoms with E-state index in [1.54, 1.807) is 36.4 Å². The molecule has 0 aliphatic carbocycles. The Morgan fingerprint density at radius 2 is 1.46 bits per heavy atom. The Labute approximate surface area is 218 Å². The van der Waals surface area contributed by atoms with Gasteiger partial charge in [0.2, 0.25) is 0 Å². The molecule has 198 valence electrons. The molecule has 0 aromatic heterocycles. The summed E-state index contributed by atoms with van der Waals surface area (Å²) in [6.07, 6.45) is 0.336. The second-order valence-corrected chi connectivity index (χ2v) is 10.8. The van der Waals surface area contributed by atoms with Crippen molar-refractivity contribution in [3.05, 3.63) is 101 Å². The van der Waals surface area contributed by atoms with E-state index in [1.807, 2.05) is 58.0 Å². The summed E-state index contributed by atoms with van der Waals surface area (Å²) in [7, 11) is -4.02. The average molecular weight is 528 g/mol. The number of hydrogen-bond acceptors (Lipinski definition) is 7. The van der Waals surface area contributed by atoms with Gasteiger partial charge in [0.05, 0.1) is 10.5 Å². The van der Waals surface area contributed by atoms with Gasteiger partial charge in [-0.3, -0.25) is 9.35 Å². The lowest BCUT2D eigenvalue weighted by Gasteiger charge is -2.19. The lowest BCUT2D eigenvalue weighted by Crippen LogP contribution is -2.34. The Hall–Kier alpha value is -3.53. The molecule has 0 aliphatic heterocycles. The van der Waals surface area contributed by atoms with E-state index in [4.69, 9.17) is 19.8 Å². The van der Waals surface area contributed by atoms with Crippen molar-refractivity contribution in [1.82, 2.24) is 0 Å². The van der Waals surface area contributed by atoms with E-state index in [-0.39, 0.29) is 17.5 Å². The number of hydrogen-bond donors (Lipinski definition) is 2. The molecule has 3 rings (SSSR count). The second-order valence-electron chi connectivity index (χ2n) is 9.39. The number of aryl methyl sites for hydroxylation is 1. The van der Waals surface area contributed by atoms with Crippen LogP contribution in [0.4, 0.5) is 0 Å². The molecule has 3 N–H and O–H groups in total. The molecule has 3 aromatic rings. The first-order chi connectivity index (χ1) is 17.2. The van der Waals surface area contributed by atoms with Crippen LogP contribution >= 0.6 is 0 Å². The van der Waals surface area contributed by atoms with E-state index in [9.17, 15) is 18.0 Å². The highest BCUT2D eigenvalue weighted by atomic mass is 32.2. The number of nitrogens with two attached hydrogens (primary N) is 1. The first-order valence-electron chi connectivity index (χ1n) is 11.6. The van der Waals surface area contributed by atoms with Gasteiger partial charge in [0.15, 0.2) is 0 Å². The molecule has 0 heterocycles. The molecule has 0 fully saturated rings. The van der Waals surface area contributed by atoms with E-state index >= 15 is 0 Å². The molecule has 0 aliphatic rings. The molecular formula is C28H33NO7S. The SMILES string of the molecule is CC(C)(C)OC(=O)c1ccc(CC(N)C(=O)OCc2ccccc2)cc1.Cc1ccc(S(=O)(=O)O)cc1. The van der Waals surface area contributed by atoms with Gasteiger partial charge in [-0.1, -0.05) is 60.2 Å². The van der Waals surface area contributed by atoms with Crippen LogP contribution in [0.15, 0.2) is 83.8 Å². The Balaban J connectivity index is 0.000000364. The van der Waals surface area contributed by atoms with Crippen LogP contribution in [-0.4, -0.2) is 36.6 Å². The number of rotatable bonds is 7. The Morgan fingerprint density at radius 1 is 0.892 bits per heavy atom. The van der Waals surface area contributed by atoms with Gasteiger partial charge in [-0.05, 0) is 69.5 Å². The predicted molar refractivity (Wildman–Crippen MR) is 141 cm³/mol. The Bertz CT molecular complexity index is 1260. The van der Waals surface area contributed by atoms with Crippen molar-refractivity contribution in [1.29, 1.82) is 0 Å². The largest absolute Gasteiger partial charge is 0.460 e. The lowest BCUT2D eigenvalue weighted by molar-refractivity contribution is -0.146. The van der Waals surface area contributed by atoms with E-state index in [0.717, 1.165) is 16.7 Å². The van der Waals surface area contributed by atoms with Gasteiger partial charge in [-0.2, -0.15) is 8.42 Å². The fraction of sp³-hybridized carbons (Fsp3) is 0.286. The molecular weight excluding hydrogens is 494 g/mol. The molecule has 0 saturated carbocycles. The summed E-state index contributed by atoms with van der Waals surface area (Å²) in [4.78, 5) is 24.0. The van der Waals surface area contributed by atoms with E-state index < -0.39 is 27.7 Å². The molecule has 0 radical (unpaired) electrons. The zero-order valence-electron chi connectivity index (χ0n) is 21.4. The minimum absolute atomic E-state index is 0.0666. The Kier molecular flexibility index (Phi) is 10.5. The summed E-state index contributed by atoms with van der Waals surface area (Å²) in [5.41, 5.74) is 8.57. The molecule has 0 spiro atoms. The third-order valence-electron chi connectivity index (χ3n) is 4.89. The summed E-state index contributed by atoms with van der Waals surface area (Å²) in [6.45, 7) is 7.50. The van der Waals surface area contributed by atoms with E-state index in [0.29, 0.717) is 12.0 Å². The number of benzene rings is 3. The average Bonchev–Trinajstić information content (AvgIpc) is 2.82. The maximum absolute atomic E-state index is 12.0. The number of ether oxygens (including phenoxy) is 2. The molecule has 37 heavy (non-hydrogen) atoms. The minimum atomic E-state index is -4.02. The van der Waals surface area contributed by atoms with Crippen molar-refractivity contribution in [2.45, 2.75) is 57.3 Å². The van der Waals surface area contributed by atoms with Crippen LogP contribution in [0.25, 0.3) is 0 Å². The highest BCUT2D eigenvalue weighted by molar-refractivity contribution is 7.85. The van der Waals surface area contributed by atoms with Gasteiger partial charge in [0.25, 0.3) is 10.1 Å². The molecule has 3 aromatic carbocycles. The van der Waals surface area contributed by atoms with Crippen molar-refractivity contribution in [3.8, 4) is 0 Å². The van der Waals surface area contributed by atoms with Crippen LogP contribution in [0.1, 0.15) is 47.8 Å². The van der Waals surface area contributed by atoms with Crippen molar-refractivity contribution in [3.63, 3.8) is 0 Å². The van der Waals surface area contributed by atoms with Crippen molar-refractivity contribution < 1.29 is 32.0 Å². The lowest BCUT2D eigenvalue weighted by atomic mass is 10.0. The smallest absolute Gasteiger partial charge is 0.338 e. The van der Waals surface area contributed by atoms with Gasteiger partial charge < -0.3 is 15.2 Å². The summed E-state index contributed by atoms with van der Waals surface area (Å²) in [6, 6.07) is 21.5. The van der Waals surface area contributed by atoms with Gasteiger partial charge in [0, 0.05) is 0 Å². The molecule has 0 bridgehead atoms. The highest BCUT2D eigenvalue weighted by Gasteiger charge is 2.19. The fourth-order valence-electron chi connectivity index (χ4n) is 3.00. The molecule has 8 nitrogen and oxygen atoms in total. The fourth-order valence-corrected chi connectivity index (χ4v) is 3.48. The number of esters is 2. The first-order valence-corrected chi connectivity index (χ1v) is 13.0. The second kappa shape index (κ2) is 13.1. The summed E-state index contributed by atoms with van der Waals surface area (Å²) in [5.74, 6) is -0.833. The third kappa shape index (κ3) is 10.9. The molecule has 0 saturated heterocycles. The van der Waals surface area contributed by atoms with Crippen molar-refractivity contribution in [2.24, 2.45) is 5.73 Å². The topological polar surface area (TPSA) is 133 Å². The number of carbonyl (C=O) groups excluding carboxylic acids is 2.